The van der Waals surface area contributed by atoms with Crippen molar-refractivity contribution in [2.24, 2.45) is 0 Å². The Labute approximate surface area is 129 Å². The average molecular weight is 319 g/mol. The number of rotatable bonds is 4. The lowest BCUT2D eigenvalue weighted by Gasteiger charge is -2.16. The third-order valence-electron chi connectivity index (χ3n) is 3.41. The van der Waals surface area contributed by atoms with Gasteiger partial charge in [0, 0.05) is 19.7 Å². The maximum atomic E-state index is 12.4. The SMILES string of the molecule is Cc1cc(C(=O)O)ccc1-c1ccccc1S(=O)(=O)N(C)C. The lowest BCUT2D eigenvalue weighted by molar-refractivity contribution is 0.0697. The number of carboxylic acids is 1. The van der Waals surface area contributed by atoms with Crippen LogP contribution in [0.5, 0.6) is 0 Å². The molecule has 2 rings (SSSR count). The summed E-state index contributed by atoms with van der Waals surface area (Å²) in [6.07, 6.45) is 0. The van der Waals surface area contributed by atoms with Crippen molar-refractivity contribution >= 4 is 16.0 Å². The van der Waals surface area contributed by atoms with Crippen LogP contribution in [0.1, 0.15) is 15.9 Å². The molecule has 0 heterocycles. The second kappa shape index (κ2) is 5.90. The second-order valence-electron chi connectivity index (χ2n) is 5.12. The van der Waals surface area contributed by atoms with E-state index in [9.17, 15) is 13.2 Å². The Kier molecular flexibility index (Phi) is 4.35. The van der Waals surface area contributed by atoms with E-state index in [-0.39, 0.29) is 10.5 Å². The van der Waals surface area contributed by atoms with Crippen LogP contribution in [-0.2, 0) is 10.0 Å². The van der Waals surface area contributed by atoms with Gasteiger partial charge in [-0.3, -0.25) is 0 Å². The molecule has 0 atom stereocenters. The number of carbonyl (C=O) groups is 1. The van der Waals surface area contributed by atoms with Crippen LogP contribution in [0.15, 0.2) is 47.4 Å². The molecular weight excluding hydrogens is 302 g/mol. The first-order valence-corrected chi connectivity index (χ1v) is 8.05. The smallest absolute Gasteiger partial charge is 0.335 e. The van der Waals surface area contributed by atoms with Crippen molar-refractivity contribution in [3.8, 4) is 11.1 Å². The van der Waals surface area contributed by atoms with Gasteiger partial charge in [0.15, 0.2) is 0 Å². The molecule has 0 radical (unpaired) electrons. The number of hydrogen-bond donors (Lipinski definition) is 1. The number of aryl methyl sites for hydroxylation is 1. The molecule has 2 aromatic carbocycles. The number of aromatic carboxylic acids is 1. The lowest BCUT2D eigenvalue weighted by atomic mass is 9.98. The van der Waals surface area contributed by atoms with Crippen molar-refractivity contribution in [2.75, 3.05) is 14.1 Å². The van der Waals surface area contributed by atoms with Gasteiger partial charge in [-0.15, -0.1) is 0 Å². The van der Waals surface area contributed by atoms with E-state index in [1.807, 2.05) is 0 Å². The Morgan fingerprint density at radius 3 is 2.23 bits per heavy atom. The fraction of sp³-hybridized carbons (Fsp3) is 0.188. The summed E-state index contributed by atoms with van der Waals surface area (Å²) in [6.45, 7) is 1.76. The van der Waals surface area contributed by atoms with E-state index in [0.717, 1.165) is 4.31 Å². The van der Waals surface area contributed by atoms with Crippen LogP contribution >= 0.6 is 0 Å². The van der Waals surface area contributed by atoms with Crippen LogP contribution in [0.4, 0.5) is 0 Å². The van der Waals surface area contributed by atoms with Gasteiger partial charge in [0.2, 0.25) is 10.0 Å². The molecule has 0 spiro atoms. The van der Waals surface area contributed by atoms with Gasteiger partial charge >= 0.3 is 5.97 Å². The maximum absolute atomic E-state index is 12.4. The summed E-state index contributed by atoms with van der Waals surface area (Å²) in [7, 11) is -0.625. The average Bonchev–Trinajstić information content (AvgIpc) is 2.46. The van der Waals surface area contributed by atoms with Crippen LogP contribution in [0, 0.1) is 6.92 Å². The molecule has 0 amide bonds. The zero-order valence-electron chi connectivity index (χ0n) is 12.6. The summed E-state index contributed by atoms with van der Waals surface area (Å²) in [4.78, 5) is 11.2. The Morgan fingerprint density at radius 1 is 1.05 bits per heavy atom. The molecule has 6 heteroatoms. The minimum atomic E-state index is -3.58. The Hall–Kier alpha value is -2.18. The predicted molar refractivity (Wildman–Crippen MR) is 84.4 cm³/mol. The highest BCUT2D eigenvalue weighted by Gasteiger charge is 2.22. The highest BCUT2D eigenvalue weighted by Crippen LogP contribution is 2.31. The zero-order chi connectivity index (χ0) is 16.5. The summed E-state index contributed by atoms with van der Waals surface area (Å²) < 4.78 is 26.0. The van der Waals surface area contributed by atoms with Gasteiger partial charge in [-0.05, 0) is 36.2 Å². The van der Waals surface area contributed by atoms with Crippen molar-refractivity contribution in [3.05, 3.63) is 53.6 Å². The normalized spacial score (nSPS) is 11.6. The molecule has 0 saturated carbocycles. The number of sulfonamides is 1. The fourth-order valence-corrected chi connectivity index (χ4v) is 3.31. The zero-order valence-corrected chi connectivity index (χ0v) is 13.4. The van der Waals surface area contributed by atoms with Crippen molar-refractivity contribution < 1.29 is 18.3 Å². The van der Waals surface area contributed by atoms with E-state index < -0.39 is 16.0 Å². The Balaban J connectivity index is 2.68. The third kappa shape index (κ3) is 2.88. The number of nitrogens with zero attached hydrogens (tertiary/aromatic N) is 1. The standard InChI is InChI=1S/C16H17NO4S/c1-11-10-12(16(18)19)8-9-13(11)14-6-4-5-7-15(14)22(20,21)17(2)3/h4-10H,1-3H3,(H,18,19). The molecule has 0 aliphatic carbocycles. The van der Waals surface area contributed by atoms with Crippen LogP contribution in [0.3, 0.4) is 0 Å². The van der Waals surface area contributed by atoms with Gasteiger partial charge in [0.05, 0.1) is 10.5 Å². The van der Waals surface area contributed by atoms with Gasteiger partial charge in [-0.1, -0.05) is 24.3 Å². The number of hydrogen-bond acceptors (Lipinski definition) is 3. The topological polar surface area (TPSA) is 74.7 Å². The minimum Gasteiger partial charge on any atom is -0.478 e. The molecule has 0 unspecified atom stereocenters. The molecule has 0 bridgehead atoms. The minimum absolute atomic E-state index is 0.175. The first-order chi connectivity index (χ1) is 10.2. The van der Waals surface area contributed by atoms with Gasteiger partial charge < -0.3 is 5.11 Å². The molecule has 0 aliphatic heterocycles. The highest BCUT2D eigenvalue weighted by atomic mass is 32.2. The molecule has 0 saturated heterocycles. The van der Waals surface area contributed by atoms with E-state index in [0.29, 0.717) is 16.7 Å². The first-order valence-electron chi connectivity index (χ1n) is 6.61. The van der Waals surface area contributed by atoms with E-state index in [1.165, 1.54) is 26.2 Å². The van der Waals surface area contributed by atoms with E-state index in [2.05, 4.69) is 0 Å². The molecule has 0 aromatic heterocycles. The van der Waals surface area contributed by atoms with Crippen molar-refractivity contribution in [2.45, 2.75) is 11.8 Å². The second-order valence-corrected chi connectivity index (χ2v) is 7.24. The molecular formula is C16H17NO4S. The predicted octanol–water partition coefficient (Wildman–Crippen LogP) is 2.61. The quantitative estimate of drug-likeness (QED) is 0.940. The third-order valence-corrected chi connectivity index (χ3v) is 5.28. The molecule has 2 aromatic rings. The molecule has 116 valence electrons. The van der Waals surface area contributed by atoms with E-state index in [4.69, 9.17) is 5.11 Å². The van der Waals surface area contributed by atoms with Crippen LogP contribution in [-0.4, -0.2) is 37.9 Å². The van der Waals surface area contributed by atoms with Crippen LogP contribution < -0.4 is 0 Å². The summed E-state index contributed by atoms with van der Waals surface area (Å²) in [5.74, 6) is -1.01. The largest absolute Gasteiger partial charge is 0.478 e. The van der Waals surface area contributed by atoms with Crippen LogP contribution in [0.2, 0.25) is 0 Å². The molecule has 22 heavy (non-hydrogen) atoms. The van der Waals surface area contributed by atoms with E-state index >= 15 is 0 Å². The van der Waals surface area contributed by atoms with Gasteiger partial charge in [0.1, 0.15) is 0 Å². The van der Waals surface area contributed by atoms with Gasteiger partial charge in [-0.2, -0.15) is 0 Å². The first kappa shape index (κ1) is 16.2. The van der Waals surface area contributed by atoms with Crippen molar-refractivity contribution in [1.29, 1.82) is 0 Å². The lowest BCUT2D eigenvalue weighted by Crippen LogP contribution is -2.22. The van der Waals surface area contributed by atoms with Gasteiger partial charge in [-0.25, -0.2) is 17.5 Å². The monoisotopic (exact) mass is 319 g/mol. The summed E-state index contributed by atoms with van der Waals surface area (Å²) in [5, 5.41) is 9.02. The van der Waals surface area contributed by atoms with Gasteiger partial charge in [0.25, 0.3) is 0 Å². The Bertz CT molecular complexity index is 826. The highest BCUT2D eigenvalue weighted by molar-refractivity contribution is 7.89. The van der Waals surface area contributed by atoms with Crippen LogP contribution in [0.25, 0.3) is 11.1 Å². The Morgan fingerprint density at radius 2 is 1.68 bits per heavy atom. The van der Waals surface area contributed by atoms with Crippen molar-refractivity contribution in [1.82, 2.24) is 4.31 Å². The molecule has 0 fully saturated rings. The summed E-state index contributed by atoms with van der Waals surface area (Å²) >= 11 is 0. The summed E-state index contributed by atoms with van der Waals surface area (Å²) in [5.41, 5.74) is 2.15. The molecule has 1 N–H and O–H groups in total. The van der Waals surface area contributed by atoms with E-state index in [1.54, 1.807) is 37.3 Å². The fourth-order valence-electron chi connectivity index (χ4n) is 2.21. The number of carboxylic acid groups (broad SMARTS) is 1. The summed E-state index contributed by atoms with van der Waals surface area (Å²) in [6, 6.07) is 11.4. The van der Waals surface area contributed by atoms with Crippen molar-refractivity contribution in [3.63, 3.8) is 0 Å². The number of benzene rings is 2. The molecule has 0 aliphatic rings. The molecule has 5 nitrogen and oxygen atoms in total. The maximum Gasteiger partial charge on any atom is 0.335 e.